The van der Waals surface area contributed by atoms with Gasteiger partial charge in [-0.15, -0.1) is 0 Å². The maximum absolute atomic E-state index is 12.5. The van der Waals surface area contributed by atoms with Gasteiger partial charge >= 0.3 is 0 Å². The van der Waals surface area contributed by atoms with Crippen molar-refractivity contribution < 1.29 is 15.0 Å². The number of amides is 1. The molecule has 0 saturated carbocycles. The third-order valence-electron chi connectivity index (χ3n) is 13.2. The Labute approximate surface area is 406 Å². The lowest BCUT2D eigenvalue weighted by Crippen LogP contribution is -2.45. The van der Waals surface area contributed by atoms with E-state index >= 15 is 0 Å². The highest BCUT2D eigenvalue weighted by molar-refractivity contribution is 5.76. The number of hydrogen-bond donors (Lipinski definition) is 3. The molecule has 0 fully saturated rings. The van der Waals surface area contributed by atoms with Crippen LogP contribution in [0.5, 0.6) is 0 Å². The lowest BCUT2D eigenvalue weighted by atomic mass is 10.0. The number of hydrogen-bond acceptors (Lipinski definition) is 3. The van der Waals surface area contributed by atoms with Gasteiger partial charge in [0.2, 0.25) is 5.91 Å². The lowest BCUT2D eigenvalue weighted by molar-refractivity contribution is -0.123. The summed E-state index contributed by atoms with van der Waals surface area (Å²) in [6.07, 6.45) is 79.6. The number of allylic oxidation sites excluding steroid dienone is 9. The maximum Gasteiger partial charge on any atom is 0.220 e. The van der Waals surface area contributed by atoms with Crippen LogP contribution in [0.2, 0.25) is 0 Å². The van der Waals surface area contributed by atoms with Crippen LogP contribution < -0.4 is 5.32 Å². The minimum Gasteiger partial charge on any atom is -0.394 e. The molecule has 65 heavy (non-hydrogen) atoms. The molecule has 4 heteroatoms. The van der Waals surface area contributed by atoms with Crippen LogP contribution in [0.15, 0.2) is 60.8 Å². The molecule has 3 N–H and O–H groups in total. The van der Waals surface area contributed by atoms with Crippen molar-refractivity contribution in [2.45, 2.75) is 315 Å². The fourth-order valence-electron chi connectivity index (χ4n) is 8.79. The van der Waals surface area contributed by atoms with Gasteiger partial charge in [-0.3, -0.25) is 4.79 Å². The highest BCUT2D eigenvalue weighted by atomic mass is 16.3. The number of carbonyl (C=O) groups is 1. The number of aliphatic hydroxyl groups is 2. The van der Waals surface area contributed by atoms with Crippen LogP contribution in [0.25, 0.3) is 0 Å². The second-order valence-electron chi connectivity index (χ2n) is 19.7. The molecule has 2 unspecified atom stereocenters. The standard InChI is InChI=1S/C61H113NO3/c1-3-5-7-9-11-13-15-17-19-21-23-25-27-29-30-31-32-33-35-37-39-41-43-45-47-49-51-53-55-57-61(65)62-59(58-63)60(64)56-54-52-50-48-46-44-42-40-38-36-34-28-26-24-22-20-18-16-14-12-10-8-6-4-2/h15,17,21,23,27,29,46,48,54,56,59-60,63-64H,3-14,16,18-20,22,24-26,28,30-45,47,49-53,55,57-58H2,1-2H3,(H,62,65)/b17-15-,23-21-,29-27-,48-46+,56-54+. The smallest absolute Gasteiger partial charge is 0.220 e. The van der Waals surface area contributed by atoms with Gasteiger partial charge in [0.15, 0.2) is 0 Å². The molecule has 0 aromatic rings. The van der Waals surface area contributed by atoms with E-state index in [4.69, 9.17) is 0 Å². The molecule has 0 rings (SSSR count). The molecule has 0 aliphatic rings. The van der Waals surface area contributed by atoms with Gasteiger partial charge in [0.05, 0.1) is 18.8 Å². The monoisotopic (exact) mass is 908 g/mol. The summed E-state index contributed by atoms with van der Waals surface area (Å²) in [6, 6.07) is -0.642. The number of nitrogens with one attached hydrogen (secondary N) is 1. The molecular weight excluding hydrogens is 795 g/mol. The Morgan fingerprint density at radius 2 is 0.646 bits per heavy atom. The fraction of sp³-hybridized carbons (Fsp3) is 0.820. The number of rotatable bonds is 53. The van der Waals surface area contributed by atoms with Crippen LogP contribution in [0.1, 0.15) is 303 Å². The molecule has 0 aliphatic carbocycles. The van der Waals surface area contributed by atoms with E-state index < -0.39 is 12.1 Å². The van der Waals surface area contributed by atoms with E-state index in [1.54, 1.807) is 6.08 Å². The zero-order valence-corrected chi connectivity index (χ0v) is 43.8. The molecular formula is C61H113NO3. The number of carbonyl (C=O) groups excluding carboxylic acids is 1. The third-order valence-corrected chi connectivity index (χ3v) is 13.2. The molecule has 0 aliphatic heterocycles. The normalized spacial score (nSPS) is 13.2. The SMILES string of the molecule is CCCCCCC/C=C\C/C=C\C/C=C\CCCCCCCCCCCCCCCCC(=O)NC(CO)C(O)/C=C/CC/C=C/CCCCCCCCCCCCCCCCCCCC. The Morgan fingerprint density at radius 1 is 0.369 bits per heavy atom. The predicted octanol–water partition coefficient (Wildman–Crippen LogP) is 19.2. The Bertz CT molecular complexity index is 1070. The van der Waals surface area contributed by atoms with E-state index in [1.165, 1.54) is 238 Å². The van der Waals surface area contributed by atoms with E-state index in [1.807, 2.05) is 6.08 Å². The summed E-state index contributed by atoms with van der Waals surface area (Å²) in [6.45, 7) is 4.31. The van der Waals surface area contributed by atoms with Crippen LogP contribution in [0, 0.1) is 0 Å². The van der Waals surface area contributed by atoms with E-state index in [0.717, 1.165) is 44.9 Å². The van der Waals surface area contributed by atoms with E-state index in [-0.39, 0.29) is 12.5 Å². The number of unbranched alkanes of at least 4 members (excludes halogenated alkanes) is 38. The highest BCUT2D eigenvalue weighted by Gasteiger charge is 2.18. The molecule has 0 radical (unpaired) electrons. The predicted molar refractivity (Wildman–Crippen MR) is 290 cm³/mol. The van der Waals surface area contributed by atoms with Crippen molar-refractivity contribution in [2.24, 2.45) is 0 Å². The van der Waals surface area contributed by atoms with Gasteiger partial charge in [-0.2, -0.15) is 0 Å². The summed E-state index contributed by atoms with van der Waals surface area (Å²) in [5, 5.41) is 23.2. The summed E-state index contributed by atoms with van der Waals surface area (Å²) < 4.78 is 0. The van der Waals surface area contributed by atoms with E-state index in [0.29, 0.717) is 6.42 Å². The van der Waals surface area contributed by atoms with Crippen LogP contribution in [0.4, 0.5) is 0 Å². The van der Waals surface area contributed by atoms with Crippen LogP contribution in [0.3, 0.4) is 0 Å². The van der Waals surface area contributed by atoms with Crippen molar-refractivity contribution in [1.82, 2.24) is 5.32 Å². The maximum atomic E-state index is 12.5. The average molecular weight is 909 g/mol. The Hall–Kier alpha value is -1.91. The first kappa shape index (κ1) is 63.1. The molecule has 0 bridgehead atoms. The fourth-order valence-corrected chi connectivity index (χ4v) is 8.79. The molecule has 2 atom stereocenters. The van der Waals surface area contributed by atoms with E-state index in [9.17, 15) is 15.0 Å². The summed E-state index contributed by atoms with van der Waals surface area (Å²) in [7, 11) is 0. The van der Waals surface area contributed by atoms with Crippen LogP contribution >= 0.6 is 0 Å². The molecule has 0 spiro atoms. The topological polar surface area (TPSA) is 69.6 Å². The molecule has 4 nitrogen and oxygen atoms in total. The first-order valence-corrected chi connectivity index (χ1v) is 29.0. The van der Waals surface area contributed by atoms with Gasteiger partial charge in [-0.25, -0.2) is 0 Å². The molecule has 0 saturated heterocycles. The number of aliphatic hydroxyl groups excluding tert-OH is 2. The van der Waals surface area contributed by atoms with Crippen LogP contribution in [-0.4, -0.2) is 34.9 Å². The molecule has 0 heterocycles. The summed E-state index contributed by atoms with van der Waals surface area (Å²) >= 11 is 0. The lowest BCUT2D eigenvalue weighted by Gasteiger charge is -2.19. The van der Waals surface area contributed by atoms with E-state index in [2.05, 4.69) is 67.8 Å². The Morgan fingerprint density at radius 3 is 1.00 bits per heavy atom. The van der Waals surface area contributed by atoms with Crippen molar-refractivity contribution in [3.05, 3.63) is 60.8 Å². The molecule has 0 aromatic heterocycles. The van der Waals surface area contributed by atoms with Crippen LogP contribution in [-0.2, 0) is 4.79 Å². The zero-order chi connectivity index (χ0) is 47.0. The molecule has 380 valence electrons. The molecule has 0 aromatic carbocycles. The summed E-state index contributed by atoms with van der Waals surface area (Å²) in [4.78, 5) is 12.5. The largest absolute Gasteiger partial charge is 0.394 e. The zero-order valence-electron chi connectivity index (χ0n) is 43.8. The van der Waals surface area contributed by atoms with Crippen molar-refractivity contribution in [3.63, 3.8) is 0 Å². The summed E-state index contributed by atoms with van der Waals surface area (Å²) in [5.74, 6) is -0.0725. The van der Waals surface area contributed by atoms with Gasteiger partial charge in [0.25, 0.3) is 0 Å². The second-order valence-corrected chi connectivity index (χ2v) is 19.7. The Kier molecular flexibility index (Phi) is 54.8. The Balaban J connectivity index is 3.53. The average Bonchev–Trinajstić information content (AvgIpc) is 3.31. The second kappa shape index (κ2) is 56.4. The first-order chi connectivity index (χ1) is 32.2. The highest BCUT2D eigenvalue weighted by Crippen LogP contribution is 2.17. The van der Waals surface area contributed by atoms with Crippen molar-refractivity contribution >= 4 is 5.91 Å². The van der Waals surface area contributed by atoms with Crippen molar-refractivity contribution in [1.29, 1.82) is 0 Å². The van der Waals surface area contributed by atoms with Gasteiger partial charge in [-0.05, 0) is 70.6 Å². The van der Waals surface area contributed by atoms with Gasteiger partial charge in [-0.1, -0.05) is 286 Å². The quantitative estimate of drug-likeness (QED) is 0.0421. The van der Waals surface area contributed by atoms with Crippen molar-refractivity contribution in [3.8, 4) is 0 Å². The summed E-state index contributed by atoms with van der Waals surface area (Å²) in [5.41, 5.74) is 0. The minimum absolute atomic E-state index is 0.0725. The third kappa shape index (κ3) is 52.9. The molecule has 1 amide bonds. The van der Waals surface area contributed by atoms with Gasteiger partial charge in [0, 0.05) is 6.42 Å². The van der Waals surface area contributed by atoms with Gasteiger partial charge in [0.1, 0.15) is 0 Å². The van der Waals surface area contributed by atoms with Crippen molar-refractivity contribution in [2.75, 3.05) is 6.61 Å². The first-order valence-electron chi connectivity index (χ1n) is 29.0. The minimum atomic E-state index is -0.865. The van der Waals surface area contributed by atoms with Gasteiger partial charge < -0.3 is 15.5 Å².